The van der Waals surface area contributed by atoms with Crippen LogP contribution in [-0.2, 0) is 6.54 Å². The smallest absolute Gasteiger partial charge is 0.296 e. The van der Waals surface area contributed by atoms with Crippen molar-refractivity contribution in [2.45, 2.75) is 25.4 Å². The summed E-state index contributed by atoms with van der Waals surface area (Å²) in [7, 11) is 0. The zero-order valence-electron chi connectivity index (χ0n) is 10.6. The van der Waals surface area contributed by atoms with Crippen LogP contribution < -0.4 is 5.69 Å². The van der Waals surface area contributed by atoms with E-state index in [0.29, 0.717) is 21.7 Å². The highest BCUT2D eigenvalue weighted by atomic mass is 35.5. The molecule has 0 saturated heterocycles. The molecule has 0 atom stereocenters. The van der Waals surface area contributed by atoms with E-state index in [0.717, 1.165) is 12.8 Å². The zero-order valence-corrected chi connectivity index (χ0v) is 12.1. The molecular formula is C14H12Cl2N2O2. The lowest BCUT2D eigenvalue weighted by molar-refractivity contribution is 0.0970. The Hall–Kier alpha value is -1.52. The fourth-order valence-corrected chi connectivity index (χ4v) is 2.39. The van der Waals surface area contributed by atoms with Crippen molar-refractivity contribution in [3.63, 3.8) is 0 Å². The summed E-state index contributed by atoms with van der Waals surface area (Å²) in [4.78, 5) is 24.2. The van der Waals surface area contributed by atoms with Gasteiger partial charge in [0.2, 0.25) is 0 Å². The van der Waals surface area contributed by atoms with Crippen LogP contribution in [0.3, 0.4) is 0 Å². The van der Waals surface area contributed by atoms with Crippen molar-refractivity contribution < 1.29 is 4.79 Å². The summed E-state index contributed by atoms with van der Waals surface area (Å²) in [5, 5.41) is 0.737. The first kappa shape index (κ1) is 13.5. The number of Topliss-reactive ketones (excluding diaryl/α,β-unsaturated/α-hetero) is 1. The first-order valence-electron chi connectivity index (χ1n) is 6.32. The maximum absolute atomic E-state index is 12.2. The van der Waals surface area contributed by atoms with Gasteiger partial charge in [-0.2, -0.15) is 0 Å². The molecule has 0 amide bonds. The predicted molar refractivity (Wildman–Crippen MR) is 77.8 cm³/mol. The van der Waals surface area contributed by atoms with Crippen molar-refractivity contribution in [2.75, 3.05) is 0 Å². The van der Waals surface area contributed by atoms with Gasteiger partial charge < -0.3 is 0 Å². The molecule has 1 fully saturated rings. The number of benzene rings is 1. The summed E-state index contributed by atoms with van der Waals surface area (Å²) in [5.74, 6) is -0.167. The third kappa shape index (κ3) is 2.53. The number of hydrogen-bond acceptors (Lipinski definition) is 2. The Morgan fingerprint density at radius 3 is 2.60 bits per heavy atom. The number of hydrogen-bond donors (Lipinski definition) is 0. The molecule has 1 aliphatic carbocycles. The molecule has 4 nitrogen and oxygen atoms in total. The monoisotopic (exact) mass is 310 g/mol. The van der Waals surface area contributed by atoms with Crippen molar-refractivity contribution in [1.29, 1.82) is 0 Å². The summed E-state index contributed by atoms with van der Waals surface area (Å²) >= 11 is 11.7. The van der Waals surface area contributed by atoms with Gasteiger partial charge in [-0.1, -0.05) is 23.2 Å². The molecule has 1 aromatic heterocycles. The van der Waals surface area contributed by atoms with E-state index in [1.54, 1.807) is 29.1 Å². The zero-order chi connectivity index (χ0) is 14.3. The molecule has 0 bridgehead atoms. The van der Waals surface area contributed by atoms with Crippen LogP contribution in [-0.4, -0.2) is 14.9 Å². The molecule has 2 aromatic rings. The van der Waals surface area contributed by atoms with E-state index in [4.69, 9.17) is 23.2 Å². The highest BCUT2D eigenvalue weighted by molar-refractivity contribution is 6.42. The Balaban J connectivity index is 1.81. The van der Waals surface area contributed by atoms with Gasteiger partial charge >= 0.3 is 5.69 Å². The van der Waals surface area contributed by atoms with Crippen LogP contribution in [0.2, 0.25) is 10.0 Å². The average molecular weight is 311 g/mol. The summed E-state index contributed by atoms with van der Waals surface area (Å²) in [5.41, 5.74) is 0.311. The number of nitrogens with zero attached hydrogens (tertiary/aromatic N) is 2. The maximum atomic E-state index is 12.2. The number of aromatic nitrogens is 2. The number of halogens is 2. The van der Waals surface area contributed by atoms with Gasteiger partial charge in [0.1, 0.15) is 0 Å². The van der Waals surface area contributed by atoms with Gasteiger partial charge in [0.05, 0.1) is 16.6 Å². The van der Waals surface area contributed by atoms with Crippen LogP contribution in [0.1, 0.15) is 29.2 Å². The van der Waals surface area contributed by atoms with Gasteiger partial charge in [-0.05, 0) is 31.0 Å². The standard InChI is InChI=1S/C14H12Cl2N2O2/c15-11-4-1-9(7-12(11)16)13(19)8-17-5-6-18(14(17)20)10-2-3-10/h1,4-7,10H,2-3,8H2. The molecule has 1 saturated carbocycles. The van der Waals surface area contributed by atoms with Gasteiger partial charge in [-0.3, -0.25) is 13.9 Å². The maximum Gasteiger partial charge on any atom is 0.328 e. The van der Waals surface area contributed by atoms with Gasteiger partial charge in [-0.25, -0.2) is 4.79 Å². The van der Waals surface area contributed by atoms with Crippen molar-refractivity contribution in [1.82, 2.24) is 9.13 Å². The van der Waals surface area contributed by atoms with Gasteiger partial charge in [0.15, 0.2) is 5.78 Å². The molecule has 0 radical (unpaired) electrons. The van der Waals surface area contributed by atoms with Crippen LogP contribution >= 0.6 is 23.2 Å². The first-order chi connectivity index (χ1) is 9.56. The number of carbonyl (C=O) groups excluding carboxylic acids is 1. The Labute approximate surface area is 125 Å². The van der Waals surface area contributed by atoms with Gasteiger partial charge in [0, 0.05) is 24.0 Å². The normalized spacial score (nSPS) is 14.5. The van der Waals surface area contributed by atoms with Crippen LogP contribution in [0.25, 0.3) is 0 Å². The molecule has 1 heterocycles. The number of ketones is 1. The second-order valence-corrected chi connectivity index (χ2v) is 5.71. The molecule has 0 aliphatic heterocycles. The van der Waals surface area contributed by atoms with E-state index in [1.165, 1.54) is 10.6 Å². The number of imidazole rings is 1. The molecule has 0 spiro atoms. The SMILES string of the molecule is O=C(Cn1ccn(C2CC2)c1=O)c1ccc(Cl)c(Cl)c1. The first-order valence-corrected chi connectivity index (χ1v) is 7.07. The minimum absolute atomic E-state index is 0.0104. The molecule has 0 unspecified atom stereocenters. The van der Waals surface area contributed by atoms with E-state index in [2.05, 4.69) is 0 Å². The predicted octanol–water partition coefficient (Wildman–Crippen LogP) is 3.17. The van der Waals surface area contributed by atoms with Gasteiger partial charge in [-0.15, -0.1) is 0 Å². The van der Waals surface area contributed by atoms with E-state index in [1.807, 2.05) is 0 Å². The van der Waals surface area contributed by atoms with Crippen LogP contribution in [0.15, 0.2) is 35.4 Å². The Bertz CT molecular complexity index is 729. The third-order valence-corrected chi connectivity index (χ3v) is 4.11. The van der Waals surface area contributed by atoms with Crippen molar-refractivity contribution in [2.24, 2.45) is 0 Å². The van der Waals surface area contributed by atoms with E-state index in [-0.39, 0.29) is 18.0 Å². The van der Waals surface area contributed by atoms with E-state index in [9.17, 15) is 9.59 Å². The number of carbonyl (C=O) groups is 1. The molecule has 20 heavy (non-hydrogen) atoms. The molecule has 0 N–H and O–H groups in total. The Morgan fingerprint density at radius 2 is 1.95 bits per heavy atom. The van der Waals surface area contributed by atoms with Crippen LogP contribution in [0.5, 0.6) is 0 Å². The van der Waals surface area contributed by atoms with E-state index >= 15 is 0 Å². The van der Waals surface area contributed by atoms with Crippen molar-refractivity contribution in [3.05, 3.63) is 56.7 Å². The van der Waals surface area contributed by atoms with Gasteiger partial charge in [0.25, 0.3) is 0 Å². The van der Waals surface area contributed by atoms with Crippen molar-refractivity contribution in [3.8, 4) is 0 Å². The summed E-state index contributed by atoms with van der Waals surface area (Å²) in [6.45, 7) is 0.0104. The minimum atomic E-state index is -0.167. The van der Waals surface area contributed by atoms with Crippen LogP contribution in [0, 0.1) is 0 Å². The molecule has 1 aromatic carbocycles. The number of rotatable bonds is 4. The fourth-order valence-electron chi connectivity index (χ4n) is 2.09. The summed E-state index contributed by atoms with van der Waals surface area (Å²) in [6.07, 6.45) is 5.45. The topological polar surface area (TPSA) is 44.0 Å². The Morgan fingerprint density at radius 1 is 1.20 bits per heavy atom. The third-order valence-electron chi connectivity index (χ3n) is 3.37. The summed E-state index contributed by atoms with van der Waals surface area (Å²) in [6, 6.07) is 5.02. The molecule has 1 aliphatic rings. The highest BCUT2D eigenvalue weighted by Crippen LogP contribution is 2.33. The van der Waals surface area contributed by atoms with E-state index < -0.39 is 0 Å². The lowest BCUT2D eigenvalue weighted by atomic mass is 10.1. The average Bonchev–Trinajstić information content (AvgIpc) is 3.19. The Kier molecular flexibility index (Phi) is 3.44. The highest BCUT2D eigenvalue weighted by Gasteiger charge is 2.25. The molecule has 104 valence electrons. The minimum Gasteiger partial charge on any atom is -0.296 e. The lowest BCUT2D eigenvalue weighted by Gasteiger charge is -2.03. The lowest BCUT2D eigenvalue weighted by Crippen LogP contribution is -2.26. The molecule has 3 rings (SSSR count). The molecule has 6 heteroatoms. The summed E-state index contributed by atoms with van der Waals surface area (Å²) < 4.78 is 3.10. The largest absolute Gasteiger partial charge is 0.328 e. The quantitative estimate of drug-likeness (QED) is 0.814. The fraction of sp³-hybridized carbons (Fsp3) is 0.286. The van der Waals surface area contributed by atoms with Crippen molar-refractivity contribution >= 4 is 29.0 Å². The molecular weight excluding hydrogens is 299 g/mol. The second-order valence-electron chi connectivity index (χ2n) is 4.90. The second kappa shape index (κ2) is 5.11. The van der Waals surface area contributed by atoms with Crippen LogP contribution in [0.4, 0.5) is 0 Å².